The number of benzene rings is 1. The predicted octanol–water partition coefficient (Wildman–Crippen LogP) is 2.53. The normalized spacial score (nSPS) is 11.2. The standard InChI is InChI=1S/C17H14N4O2/c1-10-7-13-15(9-18-10)19-8-14-16(13)20-21(17(14)22)11-3-5-12(23-2)6-4-11/h3-9,19H,1-2H3. The first-order chi connectivity index (χ1) is 11.2. The van der Waals surface area contributed by atoms with Gasteiger partial charge in [-0.2, -0.15) is 9.78 Å². The average Bonchev–Trinajstić information content (AvgIpc) is 2.92. The molecule has 0 saturated carbocycles. The number of hydrogen-bond donors (Lipinski definition) is 1. The molecule has 6 nitrogen and oxygen atoms in total. The summed E-state index contributed by atoms with van der Waals surface area (Å²) < 4.78 is 6.56. The Hall–Kier alpha value is -3.15. The zero-order chi connectivity index (χ0) is 16.0. The molecule has 2 aromatic rings. The average molecular weight is 306 g/mol. The zero-order valence-corrected chi connectivity index (χ0v) is 12.7. The Bertz CT molecular complexity index is 1030. The Morgan fingerprint density at radius 2 is 2.00 bits per heavy atom. The molecule has 1 N–H and O–H groups in total. The predicted molar refractivity (Wildman–Crippen MR) is 87.4 cm³/mol. The second kappa shape index (κ2) is 4.95. The van der Waals surface area contributed by atoms with Gasteiger partial charge in [0.1, 0.15) is 11.4 Å². The third kappa shape index (κ3) is 2.07. The number of pyridine rings is 2. The minimum Gasteiger partial charge on any atom is -0.497 e. The van der Waals surface area contributed by atoms with Gasteiger partial charge in [-0.1, -0.05) is 0 Å². The van der Waals surface area contributed by atoms with Crippen molar-refractivity contribution in [2.24, 2.45) is 0 Å². The monoisotopic (exact) mass is 306 g/mol. The topological polar surface area (TPSA) is 72.8 Å². The summed E-state index contributed by atoms with van der Waals surface area (Å²) in [6, 6.07) is 9.16. The summed E-state index contributed by atoms with van der Waals surface area (Å²) in [5.41, 5.74) is 3.50. The van der Waals surface area contributed by atoms with Gasteiger partial charge in [-0.05, 0) is 37.3 Å². The van der Waals surface area contributed by atoms with Crippen LogP contribution in [0.2, 0.25) is 0 Å². The van der Waals surface area contributed by atoms with Crippen molar-refractivity contribution in [2.45, 2.75) is 6.92 Å². The van der Waals surface area contributed by atoms with Gasteiger partial charge in [-0.25, -0.2) is 0 Å². The van der Waals surface area contributed by atoms with E-state index in [1.54, 1.807) is 31.6 Å². The Kier molecular flexibility index (Phi) is 2.90. The number of aromatic amines is 1. The van der Waals surface area contributed by atoms with Gasteiger partial charge >= 0.3 is 0 Å². The third-order valence-electron chi connectivity index (χ3n) is 3.86. The van der Waals surface area contributed by atoms with E-state index in [4.69, 9.17) is 4.74 Å². The molecule has 0 aliphatic carbocycles. The van der Waals surface area contributed by atoms with E-state index < -0.39 is 0 Å². The van der Waals surface area contributed by atoms with E-state index >= 15 is 0 Å². The van der Waals surface area contributed by atoms with Crippen LogP contribution in [0.1, 0.15) is 5.69 Å². The van der Waals surface area contributed by atoms with Crippen molar-refractivity contribution in [3.63, 3.8) is 0 Å². The number of nitrogens with one attached hydrogen (secondary N) is 1. The summed E-state index contributed by atoms with van der Waals surface area (Å²) in [6.45, 7) is 1.91. The summed E-state index contributed by atoms with van der Waals surface area (Å²) in [5.74, 6) is 0.735. The Labute approximate surface area is 131 Å². The van der Waals surface area contributed by atoms with E-state index in [1.165, 1.54) is 4.68 Å². The Morgan fingerprint density at radius 3 is 2.74 bits per heavy atom. The van der Waals surface area contributed by atoms with Crippen molar-refractivity contribution in [1.29, 1.82) is 0 Å². The van der Waals surface area contributed by atoms with E-state index in [-0.39, 0.29) is 5.56 Å². The molecule has 0 bridgehead atoms. The largest absolute Gasteiger partial charge is 0.497 e. The van der Waals surface area contributed by atoms with Crippen LogP contribution in [0.25, 0.3) is 27.8 Å². The van der Waals surface area contributed by atoms with Gasteiger partial charge in [0.25, 0.3) is 5.56 Å². The second-order valence-electron chi connectivity index (χ2n) is 5.34. The number of aromatic nitrogens is 4. The number of H-pyrrole nitrogens is 1. The molecular weight excluding hydrogens is 292 g/mol. The van der Waals surface area contributed by atoms with Crippen LogP contribution in [-0.2, 0) is 0 Å². The maximum absolute atomic E-state index is 12.6. The number of fused-ring (bicyclic) bond motifs is 3. The van der Waals surface area contributed by atoms with Gasteiger partial charge in [0.15, 0.2) is 0 Å². The van der Waals surface area contributed by atoms with Gasteiger partial charge in [0, 0.05) is 17.3 Å². The molecule has 0 radical (unpaired) electrons. The molecule has 2 aliphatic heterocycles. The fraction of sp³-hybridized carbons (Fsp3) is 0.118. The summed E-state index contributed by atoms with van der Waals surface area (Å²) in [7, 11) is 1.61. The van der Waals surface area contributed by atoms with Crippen LogP contribution in [0, 0.1) is 6.92 Å². The molecule has 6 heteroatoms. The smallest absolute Gasteiger partial charge is 0.282 e. The molecule has 1 aromatic heterocycles. The van der Waals surface area contributed by atoms with E-state index in [0.29, 0.717) is 16.9 Å². The molecule has 0 unspecified atom stereocenters. The summed E-state index contributed by atoms with van der Waals surface area (Å²) in [4.78, 5) is 20.0. The van der Waals surface area contributed by atoms with Gasteiger partial charge < -0.3 is 9.72 Å². The molecule has 2 aliphatic rings. The SMILES string of the molecule is COc1ccc(-n2nc3c4cc(C)ncc4[nH]cc-3c2=O)cc1. The number of nitrogens with zero attached hydrogens (tertiary/aromatic N) is 3. The van der Waals surface area contributed by atoms with E-state index in [1.807, 2.05) is 25.1 Å². The van der Waals surface area contributed by atoms with Gasteiger partial charge in [-0.3, -0.25) is 9.78 Å². The van der Waals surface area contributed by atoms with Crippen LogP contribution in [0.15, 0.2) is 47.5 Å². The quantitative estimate of drug-likeness (QED) is 0.617. The number of methoxy groups -OCH3 is 1. The lowest BCUT2D eigenvalue weighted by Gasteiger charge is -2.03. The molecule has 1 aromatic carbocycles. The highest BCUT2D eigenvalue weighted by Crippen LogP contribution is 2.26. The van der Waals surface area contributed by atoms with Crippen molar-refractivity contribution in [2.75, 3.05) is 7.11 Å². The highest BCUT2D eigenvalue weighted by atomic mass is 16.5. The van der Waals surface area contributed by atoms with Crippen LogP contribution in [0.3, 0.4) is 0 Å². The molecular formula is C17H14N4O2. The highest BCUT2D eigenvalue weighted by molar-refractivity contribution is 5.92. The van der Waals surface area contributed by atoms with Crippen molar-refractivity contribution in [1.82, 2.24) is 19.7 Å². The fourth-order valence-electron chi connectivity index (χ4n) is 2.66. The van der Waals surface area contributed by atoms with E-state index in [2.05, 4.69) is 15.1 Å². The molecule has 0 saturated heterocycles. The third-order valence-corrected chi connectivity index (χ3v) is 3.86. The first-order valence-electron chi connectivity index (χ1n) is 7.18. The Morgan fingerprint density at radius 1 is 1.22 bits per heavy atom. The van der Waals surface area contributed by atoms with E-state index in [9.17, 15) is 4.79 Å². The van der Waals surface area contributed by atoms with Gasteiger partial charge in [0.05, 0.1) is 30.1 Å². The highest BCUT2D eigenvalue weighted by Gasteiger charge is 2.19. The molecule has 0 amide bonds. The van der Waals surface area contributed by atoms with Crippen molar-refractivity contribution >= 4 is 10.9 Å². The summed E-state index contributed by atoms with van der Waals surface area (Å²) >= 11 is 0. The fourth-order valence-corrected chi connectivity index (χ4v) is 2.66. The minimum atomic E-state index is -0.155. The maximum Gasteiger partial charge on any atom is 0.282 e. The minimum absolute atomic E-state index is 0.155. The number of aryl methyl sites for hydroxylation is 1. The van der Waals surface area contributed by atoms with Crippen LogP contribution in [0.5, 0.6) is 5.75 Å². The molecule has 23 heavy (non-hydrogen) atoms. The van der Waals surface area contributed by atoms with Crippen molar-refractivity contribution in [3.8, 4) is 22.7 Å². The maximum atomic E-state index is 12.6. The molecule has 114 valence electrons. The number of rotatable bonds is 2. The zero-order valence-electron chi connectivity index (χ0n) is 12.7. The molecule has 0 fully saturated rings. The Balaban J connectivity index is 1.99. The molecule has 4 rings (SSSR count). The lowest BCUT2D eigenvalue weighted by molar-refractivity contribution is 0.414. The van der Waals surface area contributed by atoms with Gasteiger partial charge in [-0.15, -0.1) is 0 Å². The number of ether oxygens (including phenoxy) is 1. The van der Waals surface area contributed by atoms with Crippen LogP contribution in [0.4, 0.5) is 0 Å². The van der Waals surface area contributed by atoms with Crippen molar-refractivity contribution < 1.29 is 4.74 Å². The van der Waals surface area contributed by atoms with E-state index in [0.717, 1.165) is 22.3 Å². The first-order valence-corrected chi connectivity index (χ1v) is 7.18. The molecule has 0 atom stereocenters. The summed E-state index contributed by atoms with van der Waals surface area (Å²) in [6.07, 6.45) is 3.44. The number of hydrogen-bond acceptors (Lipinski definition) is 4. The van der Waals surface area contributed by atoms with Crippen molar-refractivity contribution in [3.05, 3.63) is 58.8 Å². The van der Waals surface area contributed by atoms with Crippen LogP contribution < -0.4 is 10.3 Å². The second-order valence-corrected chi connectivity index (χ2v) is 5.34. The first kappa shape index (κ1) is 13.5. The molecule has 3 heterocycles. The lowest BCUT2D eigenvalue weighted by Crippen LogP contribution is -2.14. The van der Waals surface area contributed by atoms with Gasteiger partial charge in [0.2, 0.25) is 0 Å². The van der Waals surface area contributed by atoms with Crippen LogP contribution >= 0.6 is 0 Å². The summed E-state index contributed by atoms with van der Waals surface area (Å²) in [5, 5.41) is 5.41. The molecule has 0 spiro atoms. The van der Waals surface area contributed by atoms with Crippen LogP contribution in [-0.4, -0.2) is 26.9 Å². The lowest BCUT2D eigenvalue weighted by atomic mass is 10.1.